The van der Waals surface area contributed by atoms with Gasteiger partial charge in [0.25, 0.3) is 0 Å². The van der Waals surface area contributed by atoms with Gasteiger partial charge >= 0.3 is 5.97 Å². The van der Waals surface area contributed by atoms with E-state index in [2.05, 4.69) is 10.1 Å². The molecule has 1 aromatic carbocycles. The molecule has 1 atom stereocenters. The molecule has 1 unspecified atom stereocenters. The van der Waals surface area contributed by atoms with Gasteiger partial charge in [0.1, 0.15) is 6.04 Å². The van der Waals surface area contributed by atoms with Crippen molar-refractivity contribution in [2.75, 3.05) is 12.4 Å². The van der Waals surface area contributed by atoms with Gasteiger partial charge < -0.3 is 10.1 Å². The monoisotopic (exact) mass is 227 g/mol. The molecule has 1 rings (SSSR count). The number of halogens is 1. The van der Waals surface area contributed by atoms with E-state index in [1.807, 2.05) is 19.1 Å². The Balaban J connectivity index is 2.70. The zero-order valence-electron chi connectivity index (χ0n) is 8.79. The largest absolute Gasteiger partial charge is 0.467 e. The smallest absolute Gasteiger partial charge is 0.328 e. The predicted molar refractivity (Wildman–Crippen MR) is 61.2 cm³/mol. The average Bonchev–Trinajstić information content (AvgIpc) is 2.25. The fourth-order valence-electron chi connectivity index (χ4n) is 1.25. The first kappa shape index (κ1) is 11.9. The average molecular weight is 228 g/mol. The van der Waals surface area contributed by atoms with Crippen LogP contribution in [0.5, 0.6) is 0 Å². The van der Waals surface area contributed by atoms with E-state index >= 15 is 0 Å². The molecule has 1 N–H and O–H groups in total. The molecule has 0 aromatic heterocycles. The van der Waals surface area contributed by atoms with E-state index in [-0.39, 0.29) is 12.0 Å². The molecule has 0 aliphatic heterocycles. The number of anilines is 1. The van der Waals surface area contributed by atoms with Crippen molar-refractivity contribution in [1.29, 1.82) is 0 Å². The summed E-state index contributed by atoms with van der Waals surface area (Å²) in [6.45, 7) is 1.92. The number of methoxy groups -OCH3 is 1. The number of rotatable bonds is 4. The third-order valence-electron chi connectivity index (χ3n) is 2.06. The van der Waals surface area contributed by atoms with Crippen LogP contribution in [-0.4, -0.2) is 19.1 Å². The molecule has 0 spiro atoms. The van der Waals surface area contributed by atoms with E-state index in [4.69, 9.17) is 11.6 Å². The number of esters is 1. The summed E-state index contributed by atoms with van der Waals surface area (Å²) in [5.74, 6) is -0.266. The topological polar surface area (TPSA) is 38.3 Å². The summed E-state index contributed by atoms with van der Waals surface area (Å²) in [5, 5.41) is 3.70. The van der Waals surface area contributed by atoms with E-state index < -0.39 is 0 Å². The summed E-state index contributed by atoms with van der Waals surface area (Å²) in [7, 11) is 1.38. The number of hydrogen-bond donors (Lipinski definition) is 1. The Morgan fingerprint density at radius 3 is 2.87 bits per heavy atom. The Hall–Kier alpha value is -1.22. The quantitative estimate of drug-likeness (QED) is 0.804. The summed E-state index contributed by atoms with van der Waals surface area (Å²) in [5.41, 5.74) is 0.819. The first-order chi connectivity index (χ1) is 7.17. The van der Waals surface area contributed by atoms with Crippen LogP contribution in [0.3, 0.4) is 0 Å². The van der Waals surface area contributed by atoms with Gasteiger partial charge in [-0.15, -0.1) is 0 Å². The van der Waals surface area contributed by atoms with Crippen molar-refractivity contribution < 1.29 is 9.53 Å². The molecule has 0 aliphatic rings. The molecule has 0 saturated carbocycles. The predicted octanol–water partition coefficient (Wildman–Crippen LogP) is 2.70. The summed E-state index contributed by atoms with van der Waals surface area (Å²) >= 11 is 5.83. The fourth-order valence-corrected chi connectivity index (χ4v) is 1.44. The second kappa shape index (κ2) is 5.61. The maximum Gasteiger partial charge on any atom is 0.328 e. The molecular weight excluding hydrogens is 214 g/mol. The molecular formula is C11H14ClNO2. The van der Waals surface area contributed by atoms with Crippen LogP contribution < -0.4 is 5.32 Å². The van der Waals surface area contributed by atoms with Crippen molar-refractivity contribution >= 4 is 23.3 Å². The second-order valence-corrected chi connectivity index (χ2v) is 3.58. The molecule has 0 aliphatic carbocycles. The highest BCUT2D eigenvalue weighted by Gasteiger charge is 2.16. The van der Waals surface area contributed by atoms with Gasteiger partial charge in [-0.25, -0.2) is 4.79 Å². The van der Waals surface area contributed by atoms with Crippen molar-refractivity contribution in [2.45, 2.75) is 19.4 Å². The molecule has 0 radical (unpaired) electrons. The lowest BCUT2D eigenvalue weighted by Gasteiger charge is -2.15. The Kier molecular flexibility index (Phi) is 4.43. The van der Waals surface area contributed by atoms with Crippen molar-refractivity contribution in [2.24, 2.45) is 0 Å². The van der Waals surface area contributed by atoms with Crippen molar-refractivity contribution in [1.82, 2.24) is 0 Å². The Morgan fingerprint density at radius 2 is 2.33 bits per heavy atom. The van der Waals surface area contributed by atoms with E-state index in [1.54, 1.807) is 12.1 Å². The molecule has 15 heavy (non-hydrogen) atoms. The minimum Gasteiger partial charge on any atom is -0.467 e. The van der Waals surface area contributed by atoms with Crippen LogP contribution in [0.25, 0.3) is 0 Å². The van der Waals surface area contributed by atoms with Crippen molar-refractivity contribution in [3.63, 3.8) is 0 Å². The highest BCUT2D eigenvalue weighted by Crippen LogP contribution is 2.16. The molecule has 0 heterocycles. The van der Waals surface area contributed by atoms with Crippen molar-refractivity contribution in [3.05, 3.63) is 29.3 Å². The van der Waals surface area contributed by atoms with Crippen LogP contribution in [0, 0.1) is 0 Å². The molecule has 82 valence electrons. The molecule has 1 aromatic rings. The maximum atomic E-state index is 11.3. The molecule has 0 fully saturated rings. The van der Waals surface area contributed by atoms with Gasteiger partial charge in [-0.2, -0.15) is 0 Å². The fraction of sp³-hybridized carbons (Fsp3) is 0.364. The maximum absolute atomic E-state index is 11.3. The van der Waals surface area contributed by atoms with Crippen LogP contribution in [0.4, 0.5) is 5.69 Å². The number of carbonyl (C=O) groups excluding carboxylic acids is 1. The molecule has 3 nitrogen and oxygen atoms in total. The van der Waals surface area contributed by atoms with E-state index in [1.165, 1.54) is 7.11 Å². The van der Waals surface area contributed by atoms with Crippen LogP contribution >= 0.6 is 11.6 Å². The summed E-state index contributed by atoms with van der Waals surface area (Å²) in [4.78, 5) is 11.3. The zero-order valence-corrected chi connectivity index (χ0v) is 9.54. The lowest BCUT2D eigenvalue weighted by atomic mass is 10.2. The Bertz CT molecular complexity index is 341. The Labute approximate surface area is 94.4 Å². The number of hydrogen-bond acceptors (Lipinski definition) is 3. The highest BCUT2D eigenvalue weighted by molar-refractivity contribution is 6.30. The lowest BCUT2D eigenvalue weighted by molar-refractivity contribution is -0.141. The van der Waals surface area contributed by atoms with Gasteiger partial charge in [-0.05, 0) is 24.6 Å². The minimum atomic E-state index is -0.325. The highest BCUT2D eigenvalue weighted by atomic mass is 35.5. The second-order valence-electron chi connectivity index (χ2n) is 3.14. The van der Waals surface area contributed by atoms with Gasteiger partial charge in [0.2, 0.25) is 0 Å². The van der Waals surface area contributed by atoms with Crippen LogP contribution in [-0.2, 0) is 9.53 Å². The van der Waals surface area contributed by atoms with Gasteiger partial charge in [0.05, 0.1) is 7.11 Å². The summed E-state index contributed by atoms with van der Waals surface area (Å²) < 4.78 is 4.67. The van der Waals surface area contributed by atoms with Crippen LogP contribution in [0.2, 0.25) is 5.02 Å². The molecule has 4 heteroatoms. The number of nitrogens with one attached hydrogen (secondary N) is 1. The number of carbonyl (C=O) groups is 1. The SMILES string of the molecule is CCC(Nc1cccc(Cl)c1)C(=O)OC. The van der Waals surface area contributed by atoms with Gasteiger partial charge in [-0.3, -0.25) is 0 Å². The normalized spacial score (nSPS) is 11.9. The summed E-state index contributed by atoms with van der Waals surface area (Å²) in [6, 6.07) is 6.92. The standard InChI is InChI=1S/C11H14ClNO2/c1-3-10(11(14)15-2)13-9-6-4-5-8(12)7-9/h4-7,10,13H,3H2,1-2H3. The van der Waals surface area contributed by atoms with Crippen LogP contribution in [0.1, 0.15) is 13.3 Å². The third kappa shape index (κ3) is 3.44. The van der Waals surface area contributed by atoms with Crippen molar-refractivity contribution in [3.8, 4) is 0 Å². The summed E-state index contributed by atoms with van der Waals surface area (Å²) in [6.07, 6.45) is 0.666. The number of benzene rings is 1. The van der Waals surface area contributed by atoms with E-state index in [0.717, 1.165) is 5.69 Å². The Morgan fingerprint density at radius 1 is 1.60 bits per heavy atom. The van der Waals surface area contributed by atoms with E-state index in [9.17, 15) is 4.79 Å². The van der Waals surface area contributed by atoms with Gasteiger partial charge in [-0.1, -0.05) is 24.6 Å². The van der Waals surface area contributed by atoms with E-state index in [0.29, 0.717) is 11.4 Å². The third-order valence-corrected chi connectivity index (χ3v) is 2.29. The molecule has 0 saturated heterocycles. The molecule has 0 amide bonds. The first-order valence-electron chi connectivity index (χ1n) is 4.77. The zero-order chi connectivity index (χ0) is 11.3. The number of ether oxygens (including phenoxy) is 1. The van der Waals surface area contributed by atoms with Crippen LogP contribution in [0.15, 0.2) is 24.3 Å². The van der Waals surface area contributed by atoms with Gasteiger partial charge in [0, 0.05) is 10.7 Å². The van der Waals surface area contributed by atoms with Gasteiger partial charge in [0.15, 0.2) is 0 Å². The lowest BCUT2D eigenvalue weighted by Crippen LogP contribution is -2.29. The first-order valence-corrected chi connectivity index (χ1v) is 5.15. The minimum absolute atomic E-state index is 0.266. The molecule has 0 bridgehead atoms.